The lowest BCUT2D eigenvalue weighted by atomic mass is 10.1. The lowest BCUT2D eigenvalue weighted by Crippen LogP contribution is -2.20. The zero-order valence-electron chi connectivity index (χ0n) is 17.9. The van der Waals surface area contributed by atoms with Gasteiger partial charge in [-0.05, 0) is 61.0 Å². The summed E-state index contributed by atoms with van der Waals surface area (Å²) in [6.07, 6.45) is 1.35. The molecule has 0 radical (unpaired) electrons. The highest BCUT2D eigenvalue weighted by molar-refractivity contribution is 6.42. The second kappa shape index (κ2) is 11.6. The molecule has 2 N–H and O–H groups in total. The van der Waals surface area contributed by atoms with Gasteiger partial charge in [0, 0.05) is 22.0 Å². The van der Waals surface area contributed by atoms with Gasteiger partial charge in [-0.2, -0.15) is 5.26 Å². The quantitative estimate of drug-likeness (QED) is 0.277. The molecule has 0 aliphatic carbocycles. The molecule has 0 aliphatic rings. The number of benzene rings is 3. The van der Waals surface area contributed by atoms with Crippen molar-refractivity contribution in [3.63, 3.8) is 0 Å². The van der Waals surface area contributed by atoms with Gasteiger partial charge in [0.2, 0.25) is 0 Å². The number of rotatable bonds is 7. The van der Waals surface area contributed by atoms with Crippen molar-refractivity contribution in [1.29, 1.82) is 5.26 Å². The van der Waals surface area contributed by atoms with Gasteiger partial charge in [-0.1, -0.05) is 53.0 Å². The van der Waals surface area contributed by atoms with Crippen LogP contribution in [0.4, 0.5) is 11.4 Å². The van der Waals surface area contributed by atoms with E-state index in [9.17, 15) is 14.9 Å². The lowest BCUT2D eigenvalue weighted by molar-refractivity contribution is -0.118. The summed E-state index contributed by atoms with van der Waals surface area (Å²) in [5.41, 5.74) is 2.11. The summed E-state index contributed by atoms with van der Waals surface area (Å²) in [6.45, 7) is 1.51. The van der Waals surface area contributed by atoms with E-state index in [2.05, 4.69) is 10.6 Å². The number of carbonyl (C=O) groups is 2. The van der Waals surface area contributed by atoms with Gasteiger partial charge in [0.25, 0.3) is 11.8 Å². The number of amides is 2. The Hall–Kier alpha value is -3.50. The molecular weight excluding hydrogens is 497 g/mol. The second-order valence-electron chi connectivity index (χ2n) is 7.09. The highest BCUT2D eigenvalue weighted by Crippen LogP contribution is 2.27. The van der Waals surface area contributed by atoms with E-state index in [0.29, 0.717) is 32.0 Å². The zero-order chi connectivity index (χ0) is 24.7. The summed E-state index contributed by atoms with van der Waals surface area (Å²) in [5.74, 6) is -0.758. The van der Waals surface area contributed by atoms with E-state index in [-0.39, 0.29) is 17.9 Å². The van der Waals surface area contributed by atoms with Crippen LogP contribution in [0.15, 0.2) is 66.2 Å². The topological polar surface area (TPSA) is 91.2 Å². The minimum Gasteiger partial charge on any atom is -0.483 e. The van der Waals surface area contributed by atoms with Gasteiger partial charge >= 0.3 is 0 Å². The molecule has 0 aliphatic heterocycles. The van der Waals surface area contributed by atoms with Crippen LogP contribution in [-0.4, -0.2) is 18.4 Å². The number of ether oxygens (including phenoxy) is 1. The van der Waals surface area contributed by atoms with Gasteiger partial charge in [-0.15, -0.1) is 0 Å². The molecule has 0 saturated heterocycles. The highest BCUT2D eigenvalue weighted by atomic mass is 35.5. The lowest BCUT2D eigenvalue weighted by Gasteiger charge is -2.11. The first kappa shape index (κ1) is 25.1. The summed E-state index contributed by atoms with van der Waals surface area (Å²) >= 11 is 17.9. The van der Waals surface area contributed by atoms with E-state index in [0.717, 1.165) is 5.56 Å². The molecule has 0 heterocycles. The maximum absolute atomic E-state index is 12.7. The number of nitrogens with one attached hydrogen (secondary N) is 2. The summed E-state index contributed by atoms with van der Waals surface area (Å²) in [4.78, 5) is 25.0. The fourth-order valence-corrected chi connectivity index (χ4v) is 3.36. The Balaban J connectivity index is 1.75. The Morgan fingerprint density at radius 3 is 2.47 bits per heavy atom. The van der Waals surface area contributed by atoms with Crippen LogP contribution in [0.3, 0.4) is 0 Å². The van der Waals surface area contributed by atoms with Crippen molar-refractivity contribution in [2.45, 2.75) is 6.92 Å². The first-order chi connectivity index (χ1) is 16.3. The first-order valence-electron chi connectivity index (χ1n) is 9.93. The molecule has 172 valence electrons. The maximum Gasteiger partial charge on any atom is 0.266 e. The number of anilines is 2. The molecule has 0 atom stereocenters. The molecule has 2 amide bonds. The number of halogens is 3. The van der Waals surface area contributed by atoms with E-state index in [4.69, 9.17) is 39.5 Å². The van der Waals surface area contributed by atoms with E-state index in [1.165, 1.54) is 18.2 Å². The van der Waals surface area contributed by atoms with Crippen LogP contribution in [-0.2, 0) is 9.59 Å². The predicted molar refractivity (Wildman–Crippen MR) is 135 cm³/mol. The Kier molecular flexibility index (Phi) is 8.55. The van der Waals surface area contributed by atoms with E-state index >= 15 is 0 Å². The minimum atomic E-state index is -0.583. The maximum atomic E-state index is 12.7. The number of para-hydroxylation sites is 1. The third-order valence-corrected chi connectivity index (χ3v) is 5.57. The van der Waals surface area contributed by atoms with Crippen LogP contribution in [0, 0.1) is 18.3 Å². The average Bonchev–Trinajstić information content (AvgIpc) is 2.80. The standard InChI is InChI=1S/C25H18Cl3N3O3/c1-15-4-2-3-5-22(15)31-25(33)17(13-29)10-16-11-18(26)6-9-23(16)34-14-24(32)30-19-7-8-20(27)21(28)12-19/h2-12H,14H2,1H3,(H,30,32)(H,31,33)/b17-10-. The number of hydrogen-bond donors (Lipinski definition) is 2. The SMILES string of the molecule is Cc1ccccc1NC(=O)/C(C#N)=C\c1cc(Cl)ccc1OCC(=O)Nc1ccc(Cl)c(Cl)c1. The molecular formula is C25H18Cl3N3O3. The van der Waals surface area contributed by atoms with Crippen molar-refractivity contribution in [3.8, 4) is 11.8 Å². The normalized spacial score (nSPS) is 10.9. The fraction of sp³-hybridized carbons (Fsp3) is 0.0800. The number of carbonyl (C=O) groups excluding carboxylic acids is 2. The van der Waals surface area contributed by atoms with E-state index < -0.39 is 11.8 Å². The molecule has 9 heteroatoms. The molecule has 0 saturated carbocycles. The molecule has 3 aromatic rings. The third-order valence-electron chi connectivity index (χ3n) is 4.59. The Labute approximate surface area is 211 Å². The number of aryl methyl sites for hydroxylation is 1. The van der Waals surface area contributed by atoms with Crippen LogP contribution in [0.25, 0.3) is 6.08 Å². The Morgan fingerprint density at radius 2 is 1.76 bits per heavy atom. The molecule has 3 rings (SSSR count). The molecule has 3 aromatic carbocycles. The monoisotopic (exact) mass is 513 g/mol. The summed E-state index contributed by atoms with van der Waals surface area (Å²) in [5, 5.41) is 16.0. The Bertz CT molecular complexity index is 1320. The smallest absolute Gasteiger partial charge is 0.266 e. The summed E-state index contributed by atoms with van der Waals surface area (Å²) < 4.78 is 5.63. The second-order valence-corrected chi connectivity index (χ2v) is 8.34. The first-order valence-corrected chi connectivity index (χ1v) is 11.1. The van der Waals surface area contributed by atoms with Gasteiger partial charge in [-0.3, -0.25) is 9.59 Å². The van der Waals surface area contributed by atoms with Gasteiger partial charge in [-0.25, -0.2) is 0 Å². The van der Waals surface area contributed by atoms with Crippen molar-refractivity contribution in [2.75, 3.05) is 17.2 Å². The van der Waals surface area contributed by atoms with Crippen molar-refractivity contribution < 1.29 is 14.3 Å². The number of nitrogens with zero attached hydrogens (tertiary/aromatic N) is 1. The van der Waals surface area contributed by atoms with Gasteiger partial charge in [0.1, 0.15) is 17.4 Å². The molecule has 0 bridgehead atoms. The van der Waals surface area contributed by atoms with Gasteiger partial charge in [0.05, 0.1) is 10.0 Å². The van der Waals surface area contributed by atoms with E-state index in [1.54, 1.807) is 36.4 Å². The molecule has 0 spiro atoms. The molecule has 6 nitrogen and oxygen atoms in total. The van der Waals surface area contributed by atoms with Crippen LogP contribution in [0.1, 0.15) is 11.1 Å². The molecule has 0 fully saturated rings. The number of nitriles is 1. The van der Waals surface area contributed by atoms with Crippen LogP contribution >= 0.6 is 34.8 Å². The summed E-state index contributed by atoms with van der Waals surface area (Å²) in [7, 11) is 0. The average molecular weight is 515 g/mol. The zero-order valence-corrected chi connectivity index (χ0v) is 20.1. The van der Waals surface area contributed by atoms with Gasteiger partial charge < -0.3 is 15.4 Å². The fourth-order valence-electron chi connectivity index (χ4n) is 2.88. The largest absolute Gasteiger partial charge is 0.483 e. The van der Waals surface area contributed by atoms with E-state index in [1.807, 2.05) is 25.1 Å². The molecule has 0 aromatic heterocycles. The van der Waals surface area contributed by atoms with Crippen molar-refractivity contribution >= 4 is 64.1 Å². The van der Waals surface area contributed by atoms with Gasteiger partial charge in [0.15, 0.2) is 6.61 Å². The molecule has 34 heavy (non-hydrogen) atoms. The third kappa shape index (κ3) is 6.75. The van der Waals surface area contributed by atoms with Crippen LogP contribution < -0.4 is 15.4 Å². The minimum absolute atomic E-state index is 0.157. The molecule has 0 unspecified atom stereocenters. The van der Waals surface area contributed by atoms with Crippen LogP contribution in [0.5, 0.6) is 5.75 Å². The van der Waals surface area contributed by atoms with Crippen molar-refractivity contribution in [2.24, 2.45) is 0 Å². The highest BCUT2D eigenvalue weighted by Gasteiger charge is 2.14. The Morgan fingerprint density at radius 1 is 1.00 bits per heavy atom. The number of hydrogen-bond acceptors (Lipinski definition) is 4. The van der Waals surface area contributed by atoms with Crippen molar-refractivity contribution in [1.82, 2.24) is 0 Å². The van der Waals surface area contributed by atoms with Crippen LogP contribution in [0.2, 0.25) is 15.1 Å². The predicted octanol–water partition coefficient (Wildman–Crippen LogP) is 6.52. The van der Waals surface area contributed by atoms with Crippen molar-refractivity contribution in [3.05, 3.63) is 92.4 Å². The summed E-state index contributed by atoms with van der Waals surface area (Å²) in [6, 6.07) is 18.4.